The van der Waals surface area contributed by atoms with E-state index in [1.807, 2.05) is 12.1 Å². The molecule has 4 aromatic rings. The van der Waals surface area contributed by atoms with E-state index in [9.17, 15) is 9.59 Å². The highest BCUT2D eigenvalue weighted by Crippen LogP contribution is 2.21. The molecule has 1 aliphatic heterocycles. The summed E-state index contributed by atoms with van der Waals surface area (Å²) in [6.07, 6.45) is 1.40. The van der Waals surface area contributed by atoms with Crippen LogP contribution in [0.2, 0.25) is 5.02 Å². The maximum absolute atomic E-state index is 13.0. The maximum Gasteiger partial charge on any atom is 0.334 e. The molecule has 1 fully saturated rings. The van der Waals surface area contributed by atoms with Gasteiger partial charge in [-0.25, -0.2) is 14.3 Å². The third kappa shape index (κ3) is 4.20. The molecule has 0 spiro atoms. The Morgan fingerprint density at radius 1 is 1.00 bits per heavy atom. The van der Waals surface area contributed by atoms with E-state index in [4.69, 9.17) is 11.6 Å². The fraction of sp³-hybridized carbons (Fsp3) is 0.217. The van der Waals surface area contributed by atoms with Gasteiger partial charge in [0.25, 0.3) is 5.56 Å². The van der Waals surface area contributed by atoms with Crippen molar-refractivity contribution in [1.29, 1.82) is 0 Å². The summed E-state index contributed by atoms with van der Waals surface area (Å²) in [7, 11) is 2.13. The Hall–Kier alpha value is -3.69. The number of H-pyrrole nitrogens is 1. The lowest BCUT2D eigenvalue weighted by molar-refractivity contribution is 0.313. The van der Waals surface area contributed by atoms with Crippen molar-refractivity contribution in [1.82, 2.24) is 24.4 Å². The van der Waals surface area contributed by atoms with Gasteiger partial charge < -0.3 is 15.1 Å². The molecular formula is C23H22ClN7O2. The van der Waals surface area contributed by atoms with Crippen molar-refractivity contribution < 1.29 is 0 Å². The molecule has 0 atom stereocenters. The van der Waals surface area contributed by atoms with Crippen LogP contribution in [0.25, 0.3) is 16.7 Å². The lowest BCUT2D eigenvalue weighted by atomic mass is 10.2. The number of halogens is 1. The van der Waals surface area contributed by atoms with E-state index >= 15 is 0 Å². The van der Waals surface area contributed by atoms with Gasteiger partial charge in [-0.15, -0.1) is 0 Å². The SMILES string of the molecule is CN1CCN(c2ccc(Nc3ncc4c(=O)n(-c5ccccc5Cl)c(=O)[nH]c4n3)cc2)CC1. The van der Waals surface area contributed by atoms with Gasteiger partial charge in [-0.3, -0.25) is 9.78 Å². The zero-order valence-corrected chi connectivity index (χ0v) is 18.7. The first-order chi connectivity index (χ1) is 16.0. The van der Waals surface area contributed by atoms with Gasteiger partial charge in [0.1, 0.15) is 5.39 Å². The molecule has 0 unspecified atom stereocenters. The Morgan fingerprint density at radius 2 is 1.73 bits per heavy atom. The van der Waals surface area contributed by atoms with Crippen LogP contribution in [0.15, 0.2) is 64.3 Å². The molecule has 5 rings (SSSR count). The van der Waals surface area contributed by atoms with E-state index in [0.29, 0.717) is 10.7 Å². The van der Waals surface area contributed by atoms with Gasteiger partial charge in [0, 0.05) is 43.8 Å². The average Bonchev–Trinajstić information content (AvgIpc) is 2.81. The third-order valence-electron chi connectivity index (χ3n) is 5.74. The van der Waals surface area contributed by atoms with Crippen LogP contribution in [0.3, 0.4) is 0 Å². The molecule has 0 radical (unpaired) electrons. The fourth-order valence-corrected chi connectivity index (χ4v) is 4.09. The summed E-state index contributed by atoms with van der Waals surface area (Å²) < 4.78 is 0.984. The van der Waals surface area contributed by atoms with Gasteiger partial charge >= 0.3 is 5.69 Å². The number of anilines is 3. The predicted octanol–water partition coefficient (Wildman–Crippen LogP) is 2.62. The molecule has 1 saturated heterocycles. The molecular weight excluding hydrogens is 442 g/mol. The maximum atomic E-state index is 13.0. The van der Waals surface area contributed by atoms with Crippen LogP contribution in [0.4, 0.5) is 17.3 Å². The highest BCUT2D eigenvalue weighted by Gasteiger charge is 2.15. The van der Waals surface area contributed by atoms with Crippen molar-refractivity contribution in [2.45, 2.75) is 0 Å². The van der Waals surface area contributed by atoms with E-state index in [-0.39, 0.29) is 17.0 Å². The Morgan fingerprint density at radius 3 is 2.45 bits per heavy atom. The second kappa shape index (κ2) is 8.68. The molecule has 0 bridgehead atoms. The number of piperazine rings is 1. The molecule has 10 heteroatoms. The van der Waals surface area contributed by atoms with Crippen LogP contribution >= 0.6 is 11.6 Å². The van der Waals surface area contributed by atoms with E-state index < -0.39 is 11.2 Å². The summed E-state index contributed by atoms with van der Waals surface area (Å²) in [5.41, 5.74) is 1.26. The second-order valence-electron chi connectivity index (χ2n) is 7.94. The molecule has 0 saturated carbocycles. The zero-order valence-electron chi connectivity index (χ0n) is 18.0. The second-order valence-corrected chi connectivity index (χ2v) is 8.35. The van der Waals surface area contributed by atoms with Gasteiger partial charge in [0.15, 0.2) is 5.65 Å². The molecule has 2 N–H and O–H groups in total. The standard InChI is InChI=1S/C23H22ClN7O2/c1-29-10-12-30(13-11-29)16-8-6-15(7-9-16)26-22-25-14-17-20(27-22)28-23(33)31(21(17)32)19-5-3-2-4-18(19)24/h2-9,14H,10-13H2,1H3,(H2,25,26,27,28,33). The van der Waals surface area contributed by atoms with Crippen LogP contribution in [-0.4, -0.2) is 57.6 Å². The number of nitrogens with zero attached hydrogens (tertiary/aromatic N) is 5. The van der Waals surface area contributed by atoms with Crippen LogP contribution in [0.1, 0.15) is 0 Å². The number of aromatic amines is 1. The van der Waals surface area contributed by atoms with Gasteiger partial charge in [-0.05, 0) is 43.4 Å². The van der Waals surface area contributed by atoms with Crippen molar-refractivity contribution >= 4 is 40.0 Å². The number of hydrogen-bond donors (Lipinski definition) is 2. The minimum atomic E-state index is -0.623. The topological polar surface area (TPSA) is 99.1 Å². The number of aromatic nitrogens is 4. The summed E-state index contributed by atoms with van der Waals surface area (Å²) in [4.78, 5) is 41.5. The molecule has 0 aliphatic carbocycles. The first kappa shape index (κ1) is 21.2. The van der Waals surface area contributed by atoms with Crippen molar-refractivity contribution in [3.63, 3.8) is 0 Å². The molecule has 0 amide bonds. The number of hydrogen-bond acceptors (Lipinski definition) is 7. The highest BCUT2D eigenvalue weighted by atomic mass is 35.5. The van der Waals surface area contributed by atoms with Crippen LogP contribution in [0.5, 0.6) is 0 Å². The number of nitrogens with one attached hydrogen (secondary N) is 2. The molecule has 33 heavy (non-hydrogen) atoms. The minimum Gasteiger partial charge on any atom is -0.369 e. The van der Waals surface area contributed by atoms with E-state index in [0.717, 1.165) is 42.1 Å². The van der Waals surface area contributed by atoms with Crippen molar-refractivity contribution in [3.8, 4) is 5.69 Å². The van der Waals surface area contributed by atoms with Crippen LogP contribution < -0.4 is 21.5 Å². The lowest BCUT2D eigenvalue weighted by Crippen LogP contribution is -2.44. The Kier molecular flexibility index (Phi) is 5.57. The van der Waals surface area contributed by atoms with Crippen LogP contribution in [0, 0.1) is 0 Å². The number of rotatable bonds is 4. The number of fused-ring (bicyclic) bond motifs is 1. The first-order valence-electron chi connectivity index (χ1n) is 10.6. The third-order valence-corrected chi connectivity index (χ3v) is 6.06. The molecule has 2 aromatic heterocycles. The van der Waals surface area contributed by atoms with E-state index in [2.05, 4.69) is 49.2 Å². The summed E-state index contributed by atoms with van der Waals surface area (Å²) >= 11 is 6.18. The Balaban J connectivity index is 1.41. The van der Waals surface area contributed by atoms with Crippen molar-refractivity contribution in [2.24, 2.45) is 0 Å². The fourth-order valence-electron chi connectivity index (χ4n) is 3.86. The first-order valence-corrected chi connectivity index (χ1v) is 10.9. The summed E-state index contributed by atoms with van der Waals surface area (Å²) in [6.45, 7) is 4.08. The molecule has 9 nitrogen and oxygen atoms in total. The predicted molar refractivity (Wildman–Crippen MR) is 130 cm³/mol. The monoisotopic (exact) mass is 463 g/mol. The Labute approximate surface area is 194 Å². The Bertz CT molecular complexity index is 1420. The van der Waals surface area contributed by atoms with E-state index in [1.165, 1.54) is 6.20 Å². The zero-order chi connectivity index (χ0) is 22.9. The highest BCUT2D eigenvalue weighted by molar-refractivity contribution is 6.32. The van der Waals surface area contributed by atoms with Crippen LogP contribution in [-0.2, 0) is 0 Å². The smallest absolute Gasteiger partial charge is 0.334 e. The largest absolute Gasteiger partial charge is 0.369 e. The summed E-state index contributed by atoms with van der Waals surface area (Å²) in [6, 6.07) is 14.7. The summed E-state index contributed by atoms with van der Waals surface area (Å²) in [5.74, 6) is 0.278. The van der Waals surface area contributed by atoms with Gasteiger partial charge in [-0.1, -0.05) is 23.7 Å². The van der Waals surface area contributed by atoms with Gasteiger partial charge in [-0.2, -0.15) is 4.98 Å². The normalized spacial score (nSPS) is 14.5. The molecule has 2 aromatic carbocycles. The number of likely N-dealkylation sites (N-methyl/N-ethyl adjacent to an activating group) is 1. The molecule has 1 aliphatic rings. The van der Waals surface area contributed by atoms with Gasteiger partial charge in [0.05, 0.1) is 10.7 Å². The molecule has 3 heterocycles. The molecule has 168 valence electrons. The summed E-state index contributed by atoms with van der Waals surface area (Å²) in [5, 5.41) is 3.61. The van der Waals surface area contributed by atoms with Crippen molar-refractivity contribution in [2.75, 3.05) is 43.4 Å². The average molecular weight is 464 g/mol. The number of benzene rings is 2. The lowest BCUT2D eigenvalue weighted by Gasteiger charge is -2.34. The number of para-hydroxylation sites is 1. The van der Waals surface area contributed by atoms with Crippen molar-refractivity contribution in [3.05, 3.63) is 80.6 Å². The minimum absolute atomic E-state index is 0.153. The van der Waals surface area contributed by atoms with E-state index in [1.54, 1.807) is 24.3 Å². The quantitative estimate of drug-likeness (QED) is 0.480. The van der Waals surface area contributed by atoms with Gasteiger partial charge in [0.2, 0.25) is 5.95 Å².